The molecule has 0 radical (unpaired) electrons. The number of Topliss-reactive ketones (excluding diaryl/α,β-unsaturated/α-hetero) is 1. The van der Waals surface area contributed by atoms with Crippen LogP contribution in [-0.2, 0) is 11.2 Å². The van der Waals surface area contributed by atoms with E-state index in [4.69, 9.17) is 0 Å². The van der Waals surface area contributed by atoms with E-state index in [0.717, 1.165) is 37.7 Å². The summed E-state index contributed by atoms with van der Waals surface area (Å²) in [6, 6.07) is 4.21. The molecule has 2 fully saturated rings. The molecule has 3 aliphatic carbocycles. The number of hydrogen-bond donors (Lipinski definition) is 1. The molecule has 0 heterocycles. The summed E-state index contributed by atoms with van der Waals surface area (Å²) < 4.78 is 0. The van der Waals surface area contributed by atoms with Crippen LogP contribution in [0.2, 0.25) is 0 Å². The Hall–Kier alpha value is -1.31. The lowest BCUT2D eigenvalue weighted by Gasteiger charge is -2.51. The summed E-state index contributed by atoms with van der Waals surface area (Å²) in [5.74, 6) is 3.34. The zero-order valence-corrected chi connectivity index (χ0v) is 13.9. The first-order chi connectivity index (χ1) is 10.4. The van der Waals surface area contributed by atoms with Crippen molar-refractivity contribution in [1.29, 1.82) is 0 Å². The van der Waals surface area contributed by atoms with Crippen LogP contribution in [0.25, 0.3) is 0 Å². The Balaban J connectivity index is 1.79. The molecule has 5 atom stereocenters. The van der Waals surface area contributed by atoms with E-state index in [1.807, 2.05) is 13.0 Å². The highest BCUT2D eigenvalue weighted by molar-refractivity contribution is 5.87. The molecule has 0 saturated heterocycles. The van der Waals surface area contributed by atoms with Crippen LogP contribution in [0.5, 0.6) is 5.75 Å². The summed E-state index contributed by atoms with van der Waals surface area (Å²) in [5, 5.41) is 10.0. The minimum absolute atomic E-state index is 0.0567. The lowest BCUT2D eigenvalue weighted by molar-refractivity contribution is -0.129. The normalized spacial score (nSPS) is 40.0. The number of fused-ring (bicyclic) bond motifs is 5. The number of carbonyl (C=O) groups excluding carboxylic acids is 1. The summed E-state index contributed by atoms with van der Waals surface area (Å²) >= 11 is 0. The number of ketones is 1. The van der Waals surface area contributed by atoms with Crippen LogP contribution < -0.4 is 0 Å². The van der Waals surface area contributed by atoms with Crippen LogP contribution in [-0.4, -0.2) is 10.9 Å². The molecule has 4 rings (SSSR count). The number of rotatable bonds is 0. The van der Waals surface area contributed by atoms with Gasteiger partial charge in [-0.15, -0.1) is 0 Å². The predicted molar refractivity (Wildman–Crippen MR) is 87.0 cm³/mol. The lowest BCUT2D eigenvalue weighted by atomic mass is 9.53. The molecule has 0 spiro atoms. The van der Waals surface area contributed by atoms with Crippen LogP contribution in [0, 0.1) is 30.1 Å². The second-order valence-corrected chi connectivity index (χ2v) is 8.23. The maximum atomic E-state index is 12.4. The van der Waals surface area contributed by atoms with E-state index in [2.05, 4.69) is 19.9 Å². The van der Waals surface area contributed by atoms with Crippen molar-refractivity contribution in [3.05, 3.63) is 28.8 Å². The fourth-order valence-electron chi connectivity index (χ4n) is 5.89. The summed E-state index contributed by atoms with van der Waals surface area (Å²) in [7, 11) is 0. The fourth-order valence-corrected chi connectivity index (χ4v) is 5.89. The zero-order chi connectivity index (χ0) is 15.6. The van der Waals surface area contributed by atoms with Gasteiger partial charge in [0, 0.05) is 11.8 Å². The largest absolute Gasteiger partial charge is 0.508 e. The monoisotopic (exact) mass is 298 g/mol. The maximum Gasteiger partial charge on any atom is 0.139 e. The van der Waals surface area contributed by atoms with Crippen molar-refractivity contribution in [2.45, 2.75) is 58.8 Å². The average Bonchev–Trinajstić information content (AvgIpc) is 2.77. The number of phenols is 1. The van der Waals surface area contributed by atoms with E-state index in [0.29, 0.717) is 35.2 Å². The van der Waals surface area contributed by atoms with E-state index in [1.165, 1.54) is 11.1 Å². The molecule has 3 aliphatic rings. The van der Waals surface area contributed by atoms with Crippen molar-refractivity contribution in [3.8, 4) is 5.75 Å². The molecule has 1 aromatic rings. The SMILES string of the molecule is Cc1cc2c(cc1O)C[C@@H](C)C1C2CCC2(C)C(=O)CCC12. The molecule has 22 heavy (non-hydrogen) atoms. The van der Waals surface area contributed by atoms with Crippen molar-refractivity contribution in [1.82, 2.24) is 0 Å². The first kappa shape index (κ1) is 14.3. The third kappa shape index (κ3) is 1.76. The molecule has 0 aromatic heterocycles. The van der Waals surface area contributed by atoms with E-state index in [9.17, 15) is 9.90 Å². The van der Waals surface area contributed by atoms with Gasteiger partial charge in [0.05, 0.1) is 0 Å². The molecule has 2 nitrogen and oxygen atoms in total. The number of aryl methyl sites for hydroxylation is 1. The van der Waals surface area contributed by atoms with Crippen LogP contribution in [0.4, 0.5) is 0 Å². The van der Waals surface area contributed by atoms with Gasteiger partial charge in [-0.1, -0.05) is 19.9 Å². The Morgan fingerprint density at radius 1 is 1.27 bits per heavy atom. The van der Waals surface area contributed by atoms with E-state index < -0.39 is 0 Å². The molecular formula is C20H26O2. The van der Waals surface area contributed by atoms with Crippen LogP contribution >= 0.6 is 0 Å². The summed E-state index contributed by atoms with van der Waals surface area (Å²) in [4.78, 5) is 12.4. The van der Waals surface area contributed by atoms with Gasteiger partial charge in [0.25, 0.3) is 0 Å². The van der Waals surface area contributed by atoms with Gasteiger partial charge < -0.3 is 5.11 Å². The third-order valence-electron chi connectivity index (χ3n) is 7.10. The molecule has 118 valence electrons. The zero-order valence-electron chi connectivity index (χ0n) is 13.9. The van der Waals surface area contributed by atoms with E-state index >= 15 is 0 Å². The predicted octanol–water partition coefficient (Wildman–Crippen LogP) is 4.37. The highest BCUT2D eigenvalue weighted by atomic mass is 16.3. The first-order valence-corrected chi connectivity index (χ1v) is 8.77. The van der Waals surface area contributed by atoms with Gasteiger partial charge in [-0.3, -0.25) is 4.79 Å². The van der Waals surface area contributed by atoms with Crippen LogP contribution in [0.3, 0.4) is 0 Å². The minimum Gasteiger partial charge on any atom is -0.508 e. The van der Waals surface area contributed by atoms with Gasteiger partial charge in [-0.05, 0) is 79.0 Å². The lowest BCUT2D eigenvalue weighted by Crippen LogP contribution is -2.45. The van der Waals surface area contributed by atoms with Crippen molar-refractivity contribution >= 4 is 5.78 Å². The number of hydrogen-bond acceptors (Lipinski definition) is 2. The van der Waals surface area contributed by atoms with Crippen molar-refractivity contribution in [2.75, 3.05) is 0 Å². The van der Waals surface area contributed by atoms with Gasteiger partial charge in [0.1, 0.15) is 11.5 Å². The minimum atomic E-state index is -0.0567. The van der Waals surface area contributed by atoms with Crippen molar-refractivity contribution < 1.29 is 9.90 Å². The Morgan fingerprint density at radius 2 is 2.05 bits per heavy atom. The second-order valence-electron chi connectivity index (χ2n) is 8.23. The molecular weight excluding hydrogens is 272 g/mol. The highest BCUT2D eigenvalue weighted by Gasteiger charge is 2.56. The number of carbonyl (C=O) groups is 1. The van der Waals surface area contributed by atoms with Gasteiger partial charge in [-0.2, -0.15) is 0 Å². The molecule has 1 aromatic carbocycles. The standard InChI is InChI=1S/C20H26O2/c1-11-9-15-13(10-17(11)21)8-12(2)19-14(15)6-7-20(3)16(19)4-5-18(20)22/h9-10,12,14,16,19,21H,4-8H2,1-3H3/t12-,14?,16?,19?,20?/m1/s1. The topological polar surface area (TPSA) is 37.3 Å². The van der Waals surface area contributed by atoms with E-state index in [1.54, 1.807) is 0 Å². The summed E-state index contributed by atoms with van der Waals surface area (Å²) in [6.45, 7) is 6.58. The molecule has 1 N–H and O–H groups in total. The number of benzene rings is 1. The molecule has 4 unspecified atom stereocenters. The van der Waals surface area contributed by atoms with Crippen LogP contribution in [0.15, 0.2) is 12.1 Å². The Labute approximate surface area is 132 Å². The maximum absolute atomic E-state index is 12.4. The quantitative estimate of drug-likeness (QED) is 0.772. The summed E-state index contributed by atoms with van der Waals surface area (Å²) in [6.07, 6.45) is 5.10. The second kappa shape index (κ2) is 4.59. The number of aromatic hydroxyl groups is 1. The Bertz CT molecular complexity index is 647. The smallest absolute Gasteiger partial charge is 0.139 e. The number of phenolic OH excluding ortho intramolecular Hbond substituents is 1. The first-order valence-electron chi connectivity index (χ1n) is 8.77. The molecule has 0 aliphatic heterocycles. The Morgan fingerprint density at radius 3 is 2.82 bits per heavy atom. The Kier molecular flexibility index (Phi) is 2.99. The van der Waals surface area contributed by atoms with Gasteiger partial charge in [-0.25, -0.2) is 0 Å². The highest BCUT2D eigenvalue weighted by Crippen LogP contribution is 2.61. The van der Waals surface area contributed by atoms with Gasteiger partial charge in [0.2, 0.25) is 0 Å². The van der Waals surface area contributed by atoms with Crippen molar-refractivity contribution in [3.63, 3.8) is 0 Å². The van der Waals surface area contributed by atoms with Crippen LogP contribution in [0.1, 0.15) is 62.1 Å². The third-order valence-corrected chi connectivity index (χ3v) is 7.10. The fraction of sp³-hybridized carbons (Fsp3) is 0.650. The average molecular weight is 298 g/mol. The summed E-state index contributed by atoms with van der Waals surface area (Å²) in [5.41, 5.74) is 3.73. The molecule has 2 heteroatoms. The van der Waals surface area contributed by atoms with Gasteiger partial charge in [0.15, 0.2) is 0 Å². The van der Waals surface area contributed by atoms with Crippen molar-refractivity contribution in [2.24, 2.45) is 23.2 Å². The van der Waals surface area contributed by atoms with Gasteiger partial charge >= 0.3 is 0 Å². The molecule has 2 saturated carbocycles. The van der Waals surface area contributed by atoms with E-state index in [-0.39, 0.29) is 5.41 Å². The molecule has 0 amide bonds. The molecule has 0 bridgehead atoms.